The fraction of sp³-hybridized carbons (Fsp3) is 0.222. The van der Waals surface area contributed by atoms with E-state index < -0.39 is 27.2 Å². The molecule has 0 aromatic heterocycles. The number of carboxylic acid groups (broad SMARTS) is 1. The van der Waals surface area contributed by atoms with Crippen LogP contribution in [0.3, 0.4) is 0 Å². The maximum absolute atomic E-state index is 12.7. The number of carbonyl (C=O) groups is 1. The van der Waals surface area contributed by atoms with Gasteiger partial charge in [0.2, 0.25) is 0 Å². The topological polar surface area (TPSA) is 127 Å². The van der Waals surface area contributed by atoms with Gasteiger partial charge in [0.25, 0.3) is 10.0 Å². The molecule has 1 aliphatic rings. The first-order valence-corrected chi connectivity index (χ1v) is 10.3. The van der Waals surface area contributed by atoms with Gasteiger partial charge in [-0.15, -0.1) is 0 Å². The van der Waals surface area contributed by atoms with E-state index in [1.165, 1.54) is 36.4 Å². The molecule has 0 saturated heterocycles. The Labute approximate surface area is 164 Å². The summed E-state index contributed by atoms with van der Waals surface area (Å²) < 4.78 is 28.1. The average molecular weight is 451 g/mol. The molecule has 3 N–H and O–H groups in total. The van der Waals surface area contributed by atoms with Crippen molar-refractivity contribution >= 4 is 37.6 Å². The highest BCUT2D eigenvalue weighted by Gasteiger charge is 2.39. The molecule has 0 amide bonds. The van der Waals surface area contributed by atoms with Gasteiger partial charge in [0.1, 0.15) is 10.6 Å². The molecule has 0 radical (unpaired) electrons. The Balaban J connectivity index is 2.06. The van der Waals surface area contributed by atoms with E-state index in [1.54, 1.807) is 0 Å². The van der Waals surface area contributed by atoms with Gasteiger partial charge in [0.15, 0.2) is 0 Å². The van der Waals surface area contributed by atoms with Crippen LogP contribution in [0.2, 0.25) is 0 Å². The predicted octanol–water partition coefficient (Wildman–Crippen LogP) is 3.60. The number of aromatic carboxylic acids is 1. The van der Waals surface area contributed by atoms with E-state index in [0.717, 1.165) is 6.42 Å². The molecule has 1 fully saturated rings. The number of anilines is 1. The molecule has 2 aromatic rings. The van der Waals surface area contributed by atoms with E-state index in [0.29, 0.717) is 22.9 Å². The number of carboxylic acids is 1. The van der Waals surface area contributed by atoms with Gasteiger partial charge in [0.05, 0.1) is 22.7 Å². The van der Waals surface area contributed by atoms with Crippen LogP contribution in [0.1, 0.15) is 35.2 Å². The van der Waals surface area contributed by atoms with Crippen molar-refractivity contribution in [3.05, 3.63) is 52.0 Å². The third-order valence-electron chi connectivity index (χ3n) is 4.62. The van der Waals surface area contributed by atoms with Gasteiger partial charge < -0.3 is 10.2 Å². The van der Waals surface area contributed by atoms with Crippen molar-refractivity contribution in [2.75, 3.05) is 4.72 Å². The number of benzene rings is 2. The SMILES string of the molecule is N#CC1(c2cc(NS(=O)(=O)c3cc(Br)ccc3O)cc(C(=O)O)c2)CCC1. The lowest BCUT2D eigenvalue weighted by Gasteiger charge is -2.36. The quantitative estimate of drug-likeness (QED) is 0.638. The highest BCUT2D eigenvalue weighted by molar-refractivity contribution is 9.10. The van der Waals surface area contributed by atoms with Crippen molar-refractivity contribution in [2.45, 2.75) is 29.6 Å². The van der Waals surface area contributed by atoms with Crippen LogP contribution >= 0.6 is 15.9 Å². The third kappa shape index (κ3) is 3.63. The highest BCUT2D eigenvalue weighted by atomic mass is 79.9. The second kappa shape index (κ2) is 6.87. The Hall–Kier alpha value is -2.57. The lowest BCUT2D eigenvalue weighted by atomic mass is 9.65. The molecule has 1 aliphatic carbocycles. The van der Waals surface area contributed by atoms with Crippen LogP contribution in [-0.2, 0) is 15.4 Å². The van der Waals surface area contributed by atoms with E-state index in [-0.39, 0.29) is 16.1 Å². The van der Waals surface area contributed by atoms with Gasteiger partial charge in [-0.1, -0.05) is 15.9 Å². The number of rotatable bonds is 5. The number of phenols is 1. The molecule has 0 spiro atoms. The van der Waals surface area contributed by atoms with Crippen LogP contribution in [0.5, 0.6) is 5.75 Å². The molecule has 2 aromatic carbocycles. The van der Waals surface area contributed by atoms with Crippen molar-refractivity contribution in [1.82, 2.24) is 0 Å². The Morgan fingerprint density at radius 1 is 1.22 bits per heavy atom. The van der Waals surface area contributed by atoms with Crippen LogP contribution < -0.4 is 4.72 Å². The van der Waals surface area contributed by atoms with E-state index in [4.69, 9.17) is 0 Å². The molecule has 0 heterocycles. The van der Waals surface area contributed by atoms with Crippen molar-refractivity contribution in [3.8, 4) is 11.8 Å². The first-order chi connectivity index (χ1) is 12.7. The standard InChI is InChI=1S/C18H15BrN2O5S/c19-13-2-3-15(22)16(9-13)27(25,26)21-14-7-11(17(23)24)6-12(8-14)18(10-20)4-1-5-18/h2-3,6-9,21-22H,1,4-5H2,(H,23,24). The van der Waals surface area contributed by atoms with Crippen molar-refractivity contribution in [3.63, 3.8) is 0 Å². The first kappa shape index (κ1) is 19.2. The maximum atomic E-state index is 12.7. The highest BCUT2D eigenvalue weighted by Crippen LogP contribution is 2.44. The van der Waals surface area contributed by atoms with E-state index in [1.807, 2.05) is 0 Å². The summed E-state index contributed by atoms with van der Waals surface area (Å²) in [6.45, 7) is 0. The fourth-order valence-electron chi connectivity index (χ4n) is 2.99. The third-order valence-corrected chi connectivity index (χ3v) is 6.52. The molecule has 1 saturated carbocycles. The fourth-order valence-corrected chi connectivity index (χ4v) is 4.67. The predicted molar refractivity (Wildman–Crippen MR) is 101 cm³/mol. The maximum Gasteiger partial charge on any atom is 0.335 e. The largest absolute Gasteiger partial charge is 0.507 e. The minimum atomic E-state index is -4.17. The van der Waals surface area contributed by atoms with Crippen molar-refractivity contribution in [2.24, 2.45) is 0 Å². The number of sulfonamides is 1. The molecule has 140 valence electrons. The molecule has 0 bridgehead atoms. The molecule has 27 heavy (non-hydrogen) atoms. The zero-order valence-electron chi connectivity index (χ0n) is 13.9. The molecule has 3 rings (SSSR count). The van der Waals surface area contributed by atoms with Crippen LogP contribution in [0.4, 0.5) is 5.69 Å². The molecule has 7 nitrogen and oxygen atoms in total. The van der Waals surface area contributed by atoms with E-state index >= 15 is 0 Å². The normalized spacial score (nSPS) is 15.4. The van der Waals surface area contributed by atoms with Crippen molar-refractivity contribution < 1.29 is 23.4 Å². The van der Waals surface area contributed by atoms with Crippen LogP contribution in [0, 0.1) is 11.3 Å². The van der Waals surface area contributed by atoms with Crippen molar-refractivity contribution in [1.29, 1.82) is 5.26 Å². The van der Waals surface area contributed by atoms with Gasteiger partial charge in [-0.2, -0.15) is 5.26 Å². The number of nitriles is 1. The summed E-state index contributed by atoms with van der Waals surface area (Å²) >= 11 is 3.15. The second-order valence-electron chi connectivity index (χ2n) is 6.37. The monoisotopic (exact) mass is 450 g/mol. The summed E-state index contributed by atoms with van der Waals surface area (Å²) in [6, 6.07) is 10.2. The molecule has 0 aliphatic heterocycles. The molecule has 9 heteroatoms. The summed E-state index contributed by atoms with van der Waals surface area (Å²) in [5.74, 6) is -1.66. The van der Waals surface area contributed by atoms with E-state index in [9.17, 15) is 28.7 Å². The number of hydrogen-bond acceptors (Lipinski definition) is 5. The molecule has 0 unspecified atom stereocenters. The lowest BCUT2D eigenvalue weighted by molar-refractivity contribution is 0.0696. The Kier molecular flexibility index (Phi) is 4.88. The summed E-state index contributed by atoms with van der Waals surface area (Å²) in [5, 5.41) is 28.7. The van der Waals surface area contributed by atoms with Gasteiger partial charge in [-0.05, 0) is 61.2 Å². The molecular formula is C18H15BrN2O5S. The van der Waals surface area contributed by atoms with Gasteiger partial charge in [-0.3, -0.25) is 4.72 Å². The van der Waals surface area contributed by atoms with Gasteiger partial charge in [-0.25, -0.2) is 13.2 Å². The minimum absolute atomic E-state index is 0.0193. The molecule has 0 atom stereocenters. The Bertz CT molecular complexity index is 1070. The number of phenolic OH excluding ortho intramolecular Hbond substituents is 1. The first-order valence-electron chi connectivity index (χ1n) is 7.98. The zero-order valence-corrected chi connectivity index (χ0v) is 16.3. The van der Waals surface area contributed by atoms with Gasteiger partial charge >= 0.3 is 5.97 Å². The number of aromatic hydroxyl groups is 1. The van der Waals surface area contributed by atoms with E-state index in [2.05, 4.69) is 26.7 Å². The number of hydrogen-bond donors (Lipinski definition) is 3. The smallest absolute Gasteiger partial charge is 0.335 e. The zero-order chi connectivity index (χ0) is 19.8. The Morgan fingerprint density at radius 3 is 2.48 bits per heavy atom. The van der Waals surface area contributed by atoms with Crippen LogP contribution in [0.25, 0.3) is 0 Å². The Morgan fingerprint density at radius 2 is 1.93 bits per heavy atom. The summed E-state index contributed by atoms with van der Waals surface area (Å²) in [5.41, 5.74) is -0.438. The van der Waals surface area contributed by atoms with Gasteiger partial charge in [0, 0.05) is 4.47 Å². The van der Waals surface area contributed by atoms with Crippen LogP contribution in [-0.4, -0.2) is 24.6 Å². The number of nitrogens with zero attached hydrogens (tertiary/aromatic N) is 1. The van der Waals surface area contributed by atoms with Crippen LogP contribution in [0.15, 0.2) is 45.8 Å². The lowest BCUT2D eigenvalue weighted by Crippen LogP contribution is -2.32. The number of halogens is 1. The molecular weight excluding hydrogens is 436 g/mol. The number of nitrogens with one attached hydrogen (secondary N) is 1. The average Bonchev–Trinajstić information content (AvgIpc) is 2.56. The summed E-state index contributed by atoms with van der Waals surface area (Å²) in [4.78, 5) is 11.1. The second-order valence-corrected chi connectivity index (χ2v) is 8.94. The summed E-state index contributed by atoms with van der Waals surface area (Å²) in [7, 11) is -4.17. The summed E-state index contributed by atoms with van der Waals surface area (Å²) in [6.07, 6.45) is 2.02. The minimum Gasteiger partial charge on any atom is -0.507 e.